The molecule has 1 heterocycles. The maximum Gasteiger partial charge on any atom is 0.417 e. The zero-order chi connectivity index (χ0) is 13.5. The van der Waals surface area contributed by atoms with Gasteiger partial charge in [-0.3, -0.25) is 4.79 Å². The van der Waals surface area contributed by atoms with Crippen LogP contribution in [0.1, 0.15) is 12.0 Å². The molecule has 2 nitrogen and oxygen atoms in total. The maximum absolute atomic E-state index is 12.7. The topological polar surface area (TPSA) is 20.3 Å². The van der Waals surface area contributed by atoms with Gasteiger partial charge in [0.25, 0.3) is 0 Å². The number of hydrogen-bond donors (Lipinski definition) is 0. The highest BCUT2D eigenvalue weighted by atomic mass is 79.9. The Kier molecular flexibility index (Phi) is 3.60. The molecule has 0 aromatic heterocycles. The minimum absolute atomic E-state index is 0.0596. The van der Waals surface area contributed by atoms with Crippen LogP contribution in [0.4, 0.5) is 18.9 Å². The van der Waals surface area contributed by atoms with E-state index in [-0.39, 0.29) is 22.8 Å². The van der Waals surface area contributed by atoms with Gasteiger partial charge in [0.15, 0.2) is 0 Å². The molecule has 1 aromatic rings. The molecule has 0 radical (unpaired) electrons. The van der Waals surface area contributed by atoms with E-state index >= 15 is 0 Å². The summed E-state index contributed by atoms with van der Waals surface area (Å²) in [5.74, 6) is -0.238. The Morgan fingerprint density at radius 2 is 2.06 bits per heavy atom. The van der Waals surface area contributed by atoms with Crippen LogP contribution in [0, 0.1) is 0 Å². The van der Waals surface area contributed by atoms with E-state index in [4.69, 9.17) is 11.6 Å². The van der Waals surface area contributed by atoms with Gasteiger partial charge in [0.05, 0.1) is 16.3 Å². The first kappa shape index (κ1) is 13.7. The van der Waals surface area contributed by atoms with Crippen molar-refractivity contribution in [1.82, 2.24) is 0 Å². The number of amides is 1. The molecule has 1 atom stereocenters. The molecular weight excluding hydrogens is 334 g/mol. The molecule has 98 valence electrons. The normalized spacial score (nSPS) is 20.6. The highest BCUT2D eigenvalue weighted by molar-refractivity contribution is 9.09. The third-order valence-corrected chi connectivity index (χ3v) is 3.66. The Morgan fingerprint density at radius 1 is 1.39 bits per heavy atom. The highest BCUT2D eigenvalue weighted by Gasteiger charge is 2.36. The lowest BCUT2D eigenvalue weighted by Gasteiger charge is -2.20. The second-order valence-electron chi connectivity index (χ2n) is 3.94. The van der Waals surface area contributed by atoms with Crippen molar-refractivity contribution in [3.05, 3.63) is 28.8 Å². The van der Waals surface area contributed by atoms with E-state index in [0.717, 1.165) is 6.07 Å². The predicted molar refractivity (Wildman–Crippen MR) is 66.1 cm³/mol. The molecular formula is C11H8BrClF3NO. The summed E-state index contributed by atoms with van der Waals surface area (Å²) in [5, 5.41) is -0.431. The van der Waals surface area contributed by atoms with E-state index in [0.29, 0.717) is 6.54 Å². The van der Waals surface area contributed by atoms with Gasteiger partial charge < -0.3 is 4.90 Å². The first-order valence-corrected chi connectivity index (χ1v) is 6.40. The molecule has 0 saturated carbocycles. The number of anilines is 1. The van der Waals surface area contributed by atoms with Crippen LogP contribution in [0.2, 0.25) is 5.02 Å². The smallest absolute Gasteiger partial charge is 0.310 e. The fourth-order valence-electron chi connectivity index (χ4n) is 1.84. The molecule has 1 aliphatic rings. The molecule has 0 spiro atoms. The molecule has 0 bridgehead atoms. The van der Waals surface area contributed by atoms with Gasteiger partial charge in [-0.1, -0.05) is 33.6 Å². The Bertz CT molecular complexity index is 492. The van der Waals surface area contributed by atoms with E-state index in [9.17, 15) is 18.0 Å². The summed E-state index contributed by atoms with van der Waals surface area (Å²) in [6.45, 7) is 0.319. The van der Waals surface area contributed by atoms with Gasteiger partial charge in [-0.15, -0.1) is 0 Å². The van der Waals surface area contributed by atoms with Crippen molar-refractivity contribution in [2.24, 2.45) is 0 Å². The van der Waals surface area contributed by atoms with Crippen LogP contribution in [0.5, 0.6) is 0 Å². The number of carbonyl (C=O) groups excluding carboxylic acids is 1. The molecule has 1 fully saturated rings. The van der Waals surface area contributed by atoms with Crippen molar-refractivity contribution in [2.45, 2.75) is 17.4 Å². The maximum atomic E-state index is 12.7. The quantitative estimate of drug-likeness (QED) is 0.710. The van der Waals surface area contributed by atoms with E-state index in [1.807, 2.05) is 0 Å². The summed E-state index contributed by atoms with van der Waals surface area (Å²) in [5.41, 5.74) is -0.814. The minimum Gasteiger partial charge on any atom is -0.310 e. The van der Waals surface area contributed by atoms with Gasteiger partial charge in [-0.25, -0.2) is 0 Å². The second-order valence-corrected chi connectivity index (χ2v) is 5.62. The lowest BCUT2D eigenvalue weighted by Crippen LogP contribution is -2.25. The molecule has 1 aliphatic heterocycles. The first-order chi connectivity index (χ1) is 8.30. The zero-order valence-electron chi connectivity index (χ0n) is 8.97. The summed E-state index contributed by atoms with van der Waals surface area (Å²) in [7, 11) is 0. The number of rotatable bonds is 1. The van der Waals surface area contributed by atoms with Gasteiger partial charge in [-0.05, 0) is 12.1 Å². The van der Waals surface area contributed by atoms with E-state index in [1.165, 1.54) is 17.0 Å². The number of carbonyl (C=O) groups is 1. The Balaban J connectivity index is 2.44. The van der Waals surface area contributed by atoms with Crippen LogP contribution in [0.25, 0.3) is 0 Å². The van der Waals surface area contributed by atoms with Gasteiger partial charge >= 0.3 is 6.18 Å². The third-order valence-electron chi connectivity index (χ3n) is 2.65. The van der Waals surface area contributed by atoms with Gasteiger partial charge in [0.2, 0.25) is 5.91 Å². The summed E-state index contributed by atoms with van der Waals surface area (Å²) in [6, 6.07) is 3.57. The van der Waals surface area contributed by atoms with Crippen LogP contribution >= 0.6 is 27.5 Å². The monoisotopic (exact) mass is 341 g/mol. The molecule has 1 unspecified atom stereocenters. The number of nitrogens with zero attached hydrogens (tertiary/aromatic N) is 1. The van der Waals surface area contributed by atoms with Crippen molar-refractivity contribution in [2.75, 3.05) is 11.4 Å². The number of hydrogen-bond acceptors (Lipinski definition) is 1. The number of benzene rings is 1. The Hall–Kier alpha value is -0.750. The molecule has 1 saturated heterocycles. The first-order valence-electron chi connectivity index (χ1n) is 5.11. The largest absolute Gasteiger partial charge is 0.417 e. The lowest BCUT2D eigenvalue weighted by molar-refractivity contribution is -0.137. The minimum atomic E-state index is -4.52. The van der Waals surface area contributed by atoms with Gasteiger partial charge in [0.1, 0.15) is 0 Å². The molecule has 2 rings (SSSR count). The molecule has 1 aromatic carbocycles. The molecule has 7 heteroatoms. The summed E-state index contributed by atoms with van der Waals surface area (Å²) < 4.78 is 38.1. The summed E-state index contributed by atoms with van der Waals surface area (Å²) in [4.78, 5) is 12.9. The second kappa shape index (κ2) is 4.74. The average Bonchev–Trinajstić information content (AvgIpc) is 2.56. The van der Waals surface area contributed by atoms with Crippen LogP contribution in [-0.4, -0.2) is 17.3 Å². The standard InChI is InChI=1S/C11H8BrClF3NO/c12-6-4-9(18)17(5-6)8-3-1-2-7(10(8)13)11(14,15)16/h1-3,6H,4-5H2. The summed E-state index contributed by atoms with van der Waals surface area (Å²) in [6.07, 6.45) is -4.27. The Labute approximate surface area is 115 Å². The fourth-order valence-corrected chi connectivity index (χ4v) is 2.75. The summed E-state index contributed by atoms with van der Waals surface area (Å²) >= 11 is 9.03. The van der Waals surface area contributed by atoms with Crippen LogP contribution in [0.15, 0.2) is 18.2 Å². The zero-order valence-corrected chi connectivity index (χ0v) is 11.3. The Morgan fingerprint density at radius 3 is 2.56 bits per heavy atom. The van der Waals surface area contributed by atoms with E-state index in [2.05, 4.69) is 15.9 Å². The highest BCUT2D eigenvalue weighted by Crippen LogP contribution is 2.40. The fraction of sp³-hybridized carbons (Fsp3) is 0.364. The predicted octanol–water partition coefficient (Wildman–Crippen LogP) is 3.86. The van der Waals surface area contributed by atoms with Crippen molar-refractivity contribution in [3.63, 3.8) is 0 Å². The molecule has 0 aliphatic carbocycles. The van der Waals surface area contributed by atoms with Crippen LogP contribution < -0.4 is 4.90 Å². The van der Waals surface area contributed by atoms with Crippen molar-refractivity contribution in [3.8, 4) is 0 Å². The lowest BCUT2D eigenvalue weighted by atomic mass is 10.2. The SMILES string of the molecule is O=C1CC(Br)CN1c1cccc(C(F)(F)F)c1Cl. The van der Waals surface area contributed by atoms with E-state index in [1.54, 1.807) is 0 Å². The van der Waals surface area contributed by atoms with Gasteiger partial charge in [-0.2, -0.15) is 13.2 Å². The molecule has 0 N–H and O–H groups in total. The number of halogens is 5. The van der Waals surface area contributed by atoms with Crippen molar-refractivity contribution >= 4 is 39.1 Å². The average molecular weight is 343 g/mol. The van der Waals surface area contributed by atoms with Crippen LogP contribution in [-0.2, 0) is 11.0 Å². The van der Waals surface area contributed by atoms with Crippen LogP contribution in [0.3, 0.4) is 0 Å². The molecule has 1 amide bonds. The molecule has 18 heavy (non-hydrogen) atoms. The number of alkyl halides is 4. The van der Waals surface area contributed by atoms with Crippen molar-refractivity contribution < 1.29 is 18.0 Å². The van der Waals surface area contributed by atoms with Gasteiger partial charge in [0, 0.05) is 17.8 Å². The van der Waals surface area contributed by atoms with E-state index < -0.39 is 16.8 Å². The third kappa shape index (κ3) is 2.49. The van der Waals surface area contributed by atoms with Crippen molar-refractivity contribution in [1.29, 1.82) is 0 Å².